The molecule has 0 aromatic heterocycles. The second-order valence-electron chi connectivity index (χ2n) is 5.74. The average Bonchev–Trinajstić information content (AvgIpc) is 2.68. The highest BCUT2D eigenvalue weighted by Crippen LogP contribution is 2.29. The molecule has 11 heteroatoms. The highest BCUT2D eigenvalue weighted by molar-refractivity contribution is 5.99. The van der Waals surface area contributed by atoms with E-state index in [1.54, 1.807) is 0 Å². The molecule has 2 aromatic carbocycles. The van der Waals surface area contributed by atoms with Crippen LogP contribution in [0.2, 0.25) is 0 Å². The van der Waals surface area contributed by atoms with Gasteiger partial charge in [0.05, 0.1) is 23.7 Å². The molecule has 0 aliphatic carbocycles. The van der Waals surface area contributed by atoms with Crippen LogP contribution in [0.1, 0.15) is 17.3 Å². The third-order valence-electron chi connectivity index (χ3n) is 3.70. The quantitative estimate of drug-likeness (QED) is 0.363. The Bertz CT molecular complexity index is 944. The van der Waals surface area contributed by atoms with Gasteiger partial charge in [-0.15, -0.1) is 0 Å². The summed E-state index contributed by atoms with van der Waals surface area (Å²) in [7, 11) is 1.36. The van der Waals surface area contributed by atoms with E-state index in [0.717, 1.165) is 6.07 Å². The number of primary amides is 1. The predicted octanol–water partition coefficient (Wildman–Crippen LogP) is 2.28. The van der Waals surface area contributed by atoms with Gasteiger partial charge in [-0.1, -0.05) is 0 Å². The van der Waals surface area contributed by atoms with Gasteiger partial charge in [0.15, 0.2) is 6.10 Å². The fourth-order valence-electron chi connectivity index (χ4n) is 2.24. The number of nitrogens with zero attached hydrogens (tertiary/aromatic N) is 1. The van der Waals surface area contributed by atoms with E-state index < -0.39 is 28.9 Å². The maximum atomic E-state index is 12.3. The van der Waals surface area contributed by atoms with Crippen LogP contribution in [0.5, 0.6) is 5.75 Å². The maximum Gasteiger partial charge on any atom is 0.338 e. The highest BCUT2D eigenvalue weighted by Gasteiger charge is 2.23. The number of carbonyl (C=O) groups excluding carboxylic acids is 3. The molecule has 0 bridgehead atoms. The van der Waals surface area contributed by atoms with Crippen LogP contribution in [0.25, 0.3) is 0 Å². The second-order valence-corrected chi connectivity index (χ2v) is 5.74. The minimum atomic E-state index is -1.23. The first kappa shape index (κ1) is 21.2. The monoisotopic (exact) mass is 402 g/mol. The van der Waals surface area contributed by atoms with Crippen LogP contribution in [0, 0.1) is 10.1 Å². The largest absolute Gasteiger partial charge is 0.496 e. The van der Waals surface area contributed by atoms with Crippen molar-refractivity contribution in [2.24, 2.45) is 5.73 Å². The Kier molecular flexibility index (Phi) is 6.69. The molecule has 3 amide bonds. The van der Waals surface area contributed by atoms with Gasteiger partial charge in [-0.05, 0) is 43.3 Å². The Balaban J connectivity index is 2.04. The molecule has 1 atom stereocenters. The highest BCUT2D eigenvalue weighted by atomic mass is 16.6. The first-order chi connectivity index (χ1) is 13.7. The van der Waals surface area contributed by atoms with Gasteiger partial charge in [-0.25, -0.2) is 9.59 Å². The van der Waals surface area contributed by atoms with Crippen molar-refractivity contribution in [2.45, 2.75) is 13.0 Å². The summed E-state index contributed by atoms with van der Waals surface area (Å²) in [6.07, 6.45) is -1.23. The molecule has 0 saturated carbocycles. The average molecular weight is 402 g/mol. The Hall–Kier alpha value is -4.15. The minimum Gasteiger partial charge on any atom is -0.496 e. The SMILES string of the molecule is COc1ccc(NC(=O)C(C)OC(=O)c2ccc(NC(N)=O)cc2)c([N+](=O)[O-])c1. The summed E-state index contributed by atoms with van der Waals surface area (Å²) in [6, 6.07) is 8.81. The molecule has 0 spiro atoms. The van der Waals surface area contributed by atoms with Crippen LogP contribution in [-0.4, -0.2) is 36.0 Å². The first-order valence-corrected chi connectivity index (χ1v) is 8.22. The normalized spacial score (nSPS) is 11.1. The molecule has 0 aliphatic heterocycles. The number of methoxy groups -OCH3 is 1. The molecule has 0 heterocycles. The van der Waals surface area contributed by atoms with Crippen LogP contribution in [0.15, 0.2) is 42.5 Å². The maximum absolute atomic E-state index is 12.3. The summed E-state index contributed by atoms with van der Waals surface area (Å²) < 4.78 is 10.0. The van der Waals surface area contributed by atoms with E-state index in [1.165, 1.54) is 50.4 Å². The molecule has 0 fully saturated rings. The van der Waals surface area contributed by atoms with Crippen LogP contribution in [-0.2, 0) is 9.53 Å². The molecule has 0 aliphatic rings. The predicted molar refractivity (Wildman–Crippen MR) is 103 cm³/mol. The van der Waals surface area contributed by atoms with E-state index in [9.17, 15) is 24.5 Å². The van der Waals surface area contributed by atoms with Crippen LogP contribution in [0.4, 0.5) is 21.9 Å². The number of hydrogen-bond donors (Lipinski definition) is 3. The molecule has 0 saturated heterocycles. The number of ether oxygens (including phenoxy) is 2. The fourth-order valence-corrected chi connectivity index (χ4v) is 2.24. The Morgan fingerprint density at radius 1 is 1.10 bits per heavy atom. The third kappa shape index (κ3) is 5.66. The molecule has 11 nitrogen and oxygen atoms in total. The molecule has 4 N–H and O–H groups in total. The van der Waals surface area contributed by atoms with Crippen LogP contribution >= 0.6 is 0 Å². The number of benzene rings is 2. The Morgan fingerprint density at radius 3 is 2.31 bits per heavy atom. The van der Waals surface area contributed by atoms with E-state index in [0.29, 0.717) is 5.69 Å². The zero-order valence-electron chi connectivity index (χ0n) is 15.5. The molecule has 152 valence electrons. The lowest BCUT2D eigenvalue weighted by atomic mass is 10.2. The van der Waals surface area contributed by atoms with Gasteiger partial charge in [0.2, 0.25) is 0 Å². The van der Waals surface area contributed by atoms with Crippen LogP contribution < -0.4 is 21.1 Å². The molecular formula is C18H18N4O7. The molecule has 2 aromatic rings. The van der Waals surface area contributed by atoms with Crippen molar-refractivity contribution in [1.29, 1.82) is 0 Å². The molecule has 29 heavy (non-hydrogen) atoms. The molecule has 2 rings (SSSR count). The zero-order valence-corrected chi connectivity index (χ0v) is 15.5. The minimum absolute atomic E-state index is 0.0643. The van der Waals surface area contributed by atoms with Crippen molar-refractivity contribution in [3.63, 3.8) is 0 Å². The summed E-state index contributed by atoms with van der Waals surface area (Å²) in [4.78, 5) is 45.7. The zero-order chi connectivity index (χ0) is 21.6. The van der Waals surface area contributed by atoms with Crippen molar-refractivity contribution >= 4 is 35.0 Å². The summed E-state index contributed by atoms with van der Waals surface area (Å²) in [5, 5.41) is 15.9. The third-order valence-corrected chi connectivity index (χ3v) is 3.70. The number of nitrogens with two attached hydrogens (primary N) is 1. The fraction of sp³-hybridized carbons (Fsp3) is 0.167. The van der Waals surface area contributed by atoms with Crippen LogP contribution in [0.3, 0.4) is 0 Å². The van der Waals surface area contributed by atoms with Gasteiger partial charge in [0, 0.05) is 5.69 Å². The number of carbonyl (C=O) groups is 3. The van der Waals surface area contributed by atoms with Crippen molar-refractivity contribution in [2.75, 3.05) is 17.7 Å². The standard InChI is InChI=1S/C18H18N4O7/c1-10(29-17(24)11-3-5-12(6-4-11)20-18(19)25)16(23)21-14-8-7-13(28-2)9-15(14)22(26)27/h3-10H,1-2H3,(H,21,23)(H3,19,20,25). The second kappa shape index (κ2) is 9.17. The van der Waals surface area contributed by atoms with Gasteiger partial charge in [-0.2, -0.15) is 0 Å². The van der Waals surface area contributed by atoms with E-state index in [-0.39, 0.29) is 22.7 Å². The van der Waals surface area contributed by atoms with E-state index in [2.05, 4.69) is 10.6 Å². The van der Waals surface area contributed by atoms with E-state index in [4.69, 9.17) is 15.2 Å². The Labute approximate surface area is 164 Å². The number of nitro benzene ring substituents is 1. The molecule has 1 unspecified atom stereocenters. The summed E-state index contributed by atoms with van der Waals surface area (Å²) in [5.74, 6) is -1.29. The smallest absolute Gasteiger partial charge is 0.338 e. The number of rotatable bonds is 7. The summed E-state index contributed by atoms with van der Waals surface area (Å²) >= 11 is 0. The number of amides is 3. The van der Waals surface area contributed by atoms with Gasteiger partial charge in [0.1, 0.15) is 11.4 Å². The Morgan fingerprint density at radius 2 is 1.76 bits per heavy atom. The van der Waals surface area contributed by atoms with Gasteiger partial charge < -0.3 is 25.8 Å². The summed E-state index contributed by atoms with van der Waals surface area (Å²) in [6.45, 7) is 1.33. The van der Waals surface area contributed by atoms with Crippen molar-refractivity contribution in [3.05, 3.63) is 58.1 Å². The molecule has 0 radical (unpaired) electrons. The van der Waals surface area contributed by atoms with Gasteiger partial charge >= 0.3 is 12.0 Å². The number of esters is 1. The first-order valence-electron chi connectivity index (χ1n) is 8.22. The van der Waals surface area contributed by atoms with Crippen molar-refractivity contribution < 1.29 is 28.8 Å². The number of anilines is 2. The lowest BCUT2D eigenvalue weighted by Crippen LogP contribution is -2.30. The van der Waals surface area contributed by atoms with Gasteiger partial charge in [0.25, 0.3) is 11.6 Å². The number of nitro groups is 1. The van der Waals surface area contributed by atoms with Crippen molar-refractivity contribution in [3.8, 4) is 5.75 Å². The van der Waals surface area contributed by atoms with E-state index in [1.807, 2.05) is 0 Å². The lowest BCUT2D eigenvalue weighted by molar-refractivity contribution is -0.384. The number of nitrogens with one attached hydrogen (secondary N) is 2. The number of hydrogen-bond acceptors (Lipinski definition) is 7. The van der Waals surface area contributed by atoms with Gasteiger partial charge in [-0.3, -0.25) is 14.9 Å². The van der Waals surface area contributed by atoms with Crippen molar-refractivity contribution in [1.82, 2.24) is 0 Å². The van der Waals surface area contributed by atoms with E-state index >= 15 is 0 Å². The topological polar surface area (TPSA) is 163 Å². The summed E-state index contributed by atoms with van der Waals surface area (Å²) in [5.41, 5.74) is 5.08. The lowest BCUT2D eigenvalue weighted by Gasteiger charge is -2.14. The molecular weight excluding hydrogens is 384 g/mol. The number of urea groups is 1.